The minimum atomic E-state index is 0.644. The second kappa shape index (κ2) is 11.0. The topological polar surface area (TPSA) is 45.4 Å². The van der Waals surface area contributed by atoms with E-state index in [0.29, 0.717) is 5.56 Å². The monoisotopic (exact) mass is 334 g/mol. The van der Waals surface area contributed by atoms with Gasteiger partial charge in [-0.3, -0.25) is 4.99 Å². The van der Waals surface area contributed by atoms with Crippen LogP contribution in [0.3, 0.4) is 0 Å². The van der Waals surface area contributed by atoms with Gasteiger partial charge in [-0.25, -0.2) is 0 Å². The van der Waals surface area contributed by atoms with Gasteiger partial charge in [0.1, 0.15) is 5.75 Å². The number of rotatable bonds is 10. The maximum absolute atomic E-state index is 8.79. The zero-order valence-corrected chi connectivity index (χ0v) is 14.9. The van der Waals surface area contributed by atoms with Gasteiger partial charge in [0, 0.05) is 6.21 Å². The highest BCUT2D eigenvalue weighted by Gasteiger charge is 1.96. The molecular formula is C22H26N2O. The normalized spacial score (nSPS) is 10.7. The van der Waals surface area contributed by atoms with E-state index in [0.717, 1.165) is 30.0 Å². The van der Waals surface area contributed by atoms with Crippen molar-refractivity contribution >= 4 is 11.9 Å². The van der Waals surface area contributed by atoms with Crippen molar-refractivity contribution in [1.82, 2.24) is 0 Å². The molecule has 0 heterocycles. The Hall–Kier alpha value is -2.60. The van der Waals surface area contributed by atoms with Gasteiger partial charge in [0.25, 0.3) is 0 Å². The molecule has 0 fully saturated rings. The van der Waals surface area contributed by atoms with Crippen LogP contribution in [0, 0.1) is 11.3 Å². The lowest BCUT2D eigenvalue weighted by Crippen LogP contribution is -1.97. The van der Waals surface area contributed by atoms with Gasteiger partial charge in [-0.05, 0) is 60.5 Å². The van der Waals surface area contributed by atoms with Crippen LogP contribution in [-0.2, 0) is 0 Å². The van der Waals surface area contributed by atoms with Gasteiger partial charge in [-0.1, -0.05) is 39.0 Å². The number of hydrogen-bond donors (Lipinski definition) is 0. The predicted octanol–water partition coefficient (Wildman–Crippen LogP) is 6.05. The summed E-state index contributed by atoms with van der Waals surface area (Å²) in [6.07, 6.45) is 9.45. The van der Waals surface area contributed by atoms with Crippen molar-refractivity contribution < 1.29 is 4.74 Å². The highest BCUT2D eigenvalue weighted by atomic mass is 16.5. The lowest BCUT2D eigenvalue weighted by atomic mass is 10.1. The van der Waals surface area contributed by atoms with Crippen molar-refractivity contribution in [2.45, 2.75) is 45.4 Å². The highest BCUT2D eigenvalue weighted by Crippen LogP contribution is 2.15. The number of benzene rings is 2. The van der Waals surface area contributed by atoms with Gasteiger partial charge in [-0.15, -0.1) is 0 Å². The van der Waals surface area contributed by atoms with E-state index in [1.165, 1.54) is 32.1 Å². The molecule has 130 valence electrons. The lowest BCUT2D eigenvalue weighted by molar-refractivity contribution is 0.304. The number of hydrogen-bond acceptors (Lipinski definition) is 3. The molecule has 2 aromatic carbocycles. The van der Waals surface area contributed by atoms with Crippen LogP contribution in [0.2, 0.25) is 0 Å². The van der Waals surface area contributed by atoms with Crippen LogP contribution < -0.4 is 4.74 Å². The number of nitriles is 1. The molecule has 0 saturated carbocycles. The molecule has 0 aliphatic rings. The van der Waals surface area contributed by atoms with Crippen molar-refractivity contribution in [3.63, 3.8) is 0 Å². The van der Waals surface area contributed by atoms with Crippen molar-refractivity contribution in [2.75, 3.05) is 6.61 Å². The summed E-state index contributed by atoms with van der Waals surface area (Å²) in [6.45, 7) is 3.02. The number of ether oxygens (including phenoxy) is 1. The van der Waals surface area contributed by atoms with Crippen molar-refractivity contribution in [1.29, 1.82) is 5.26 Å². The Kier molecular flexibility index (Phi) is 8.27. The third-order valence-corrected chi connectivity index (χ3v) is 4.01. The molecule has 0 amide bonds. The zero-order chi connectivity index (χ0) is 17.7. The van der Waals surface area contributed by atoms with Crippen LogP contribution in [0.4, 0.5) is 5.69 Å². The van der Waals surface area contributed by atoms with Crippen LogP contribution in [0.25, 0.3) is 0 Å². The summed E-state index contributed by atoms with van der Waals surface area (Å²) in [5.41, 5.74) is 2.50. The molecule has 0 atom stereocenters. The number of nitrogens with zero attached hydrogens (tertiary/aromatic N) is 2. The summed E-state index contributed by atoms with van der Waals surface area (Å²) in [5, 5.41) is 8.79. The molecule has 0 radical (unpaired) electrons. The summed E-state index contributed by atoms with van der Waals surface area (Å²) in [6, 6.07) is 17.3. The molecule has 0 N–H and O–H groups in total. The van der Waals surface area contributed by atoms with Gasteiger partial charge < -0.3 is 4.74 Å². The maximum Gasteiger partial charge on any atom is 0.119 e. The van der Waals surface area contributed by atoms with Gasteiger partial charge in [0.05, 0.1) is 23.9 Å². The molecule has 0 bridgehead atoms. The average molecular weight is 334 g/mol. The summed E-state index contributed by atoms with van der Waals surface area (Å²) in [5.74, 6) is 0.907. The third kappa shape index (κ3) is 7.22. The van der Waals surface area contributed by atoms with Gasteiger partial charge in [0.15, 0.2) is 0 Å². The molecule has 0 aromatic heterocycles. The van der Waals surface area contributed by atoms with Gasteiger partial charge in [-0.2, -0.15) is 5.26 Å². The molecule has 3 heteroatoms. The molecule has 0 aliphatic carbocycles. The Morgan fingerprint density at radius 2 is 1.60 bits per heavy atom. The number of aliphatic imine (C=N–C) groups is 1. The minimum absolute atomic E-state index is 0.644. The molecule has 0 saturated heterocycles. The molecule has 2 rings (SSSR count). The van der Waals surface area contributed by atoms with E-state index in [9.17, 15) is 0 Å². The summed E-state index contributed by atoms with van der Waals surface area (Å²) >= 11 is 0. The molecule has 25 heavy (non-hydrogen) atoms. The first-order valence-electron chi connectivity index (χ1n) is 9.09. The Morgan fingerprint density at radius 3 is 2.28 bits per heavy atom. The average Bonchev–Trinajstić information content (AvgIpc) is 2.67. The van der Waals surface area contributed by atoms with E-state index in [1.54, 1.807) is 12.1 Å². The Balaban J connectivity index is 1.73. The van der Waals surface area contributed by atoms with E-state index in [4.69, 9.17) is 10.00 Å². The fourth-order valence-corrected chi connectivity index (χ4v) is 2.49. The SMILES string of the molecule is CCCCCCCCOc1ccc(/C=N/c2ccc(C#N)cc2)cc1. The fourth-order valence-electron chi connectivity index (χ4n) is 2.49. The number of unbranched alkanes of at least 4 members (excludes halogenated alkanes) is 5. The van der Waals surface area contributed by atoms with Crippen LogP contribution in [0.1, 0.15) is 56.6 Å². The van der Waals surface area contributed by atoms with Crippen LogP contribution in [-0.4, -0.2) is 12.8 Å². The van der Waals surface area contributed by atoms with Crippen molar-refractivity contribution in [2.24, 2.45) is 4.99 Å². The summed E-state index contributed by atoms with van der Waals surface area (Å²) < 4.78 is 5.78. The first-order valence-corrected chi connectivity index (χ1v) is 9.09. The molecule has 2 aromatic rings. The standard InChI is InChI=1S/C22H26N2O/c1-2-3-4-5-6-7-16-25-22-14-10-20(11-15-22)18-24-21-12-8-19(17-23)9-13-21/h8-15,18H,2-7,16H2,1H3/b24-18+. The molecule has 0 unspecified atom stereocenters. The zero-order valence-electron chi connectivity index (χ0n) is 14.9. The quantitative estimate of drug-likeness (QED) is 0.392. The summed E-state index contributed by atoms with van der Waals surface area (Å²) in [7, 11) is 0. The lowest BCUT2D eigenvalue weighted by Gasteiger charge is -2.06. The van der Waals surface area contributed by atoms with Crippen molar-refractivity contribution in [3.8, 4) is 11.8 Å². The van der Waals surface area contributed by atoms with Gasteiger partial charge in [0.2, 0.25) is 0 Å². The predicted molar refractivity (Wildman–Crippen MR) is 104 cm³/mol. The van der Waals surface area contributed by atoms with Crippen LogP contribution in [0.15, 0.2) is 53.5 Å². The van der Waals surface area contributed by atoms with Crippen LogP contribution in [0.5, 0.6) is 5.75 Å². The van der Waals surface area contributed by atoms with E-state index in [1.807, 2.05) is 42.6 Å². The maximum atomic E-state index is 8.79. The molecular weight excluding hydrogens is 308 g/mol. The molecule has 0 aliphatic heterocycles. The van der Waals surface area contributed by atoms with E-state index < -0.39 is 0 Å². The Bertz CT molecular complexity index is 681. The molecule has 0 spiro atoms. The third-order valence-electron chi connectivity index (χ3n) is 4.01. The smallest absolute Gasteiger partial charge is 0.119 e. The first-order chi connectivity index (χ1) is 12.3. The van der Waals surface area contributed by atoms with Gasteiger partial charge >= 0.3 is 0 Å². The summed E-state index contributed by atoms with van der Waals surface area (Å²) in [4.78, 5) is 4.42. The second-order valence-electron chi connectivity index (χ2n) is 6.10. The minimum Gasteiger partial charge on any atom is -0.494 e. The Labute approximate surface area is 151 Å². The van der Waals surface area contributed by atoms with E-state index in [-0.39, 0.29) is 0 Å². The molecule has 3 nitrogen and oxygen atoms in total. The van der Waals surface area contributed by atoms with E-state index >= 15 is 0 Å². The first kappa shape index (κ1) is 18.7. The highest BCUT2D eigenvalue weighted by molar-refractivity contribution is 5.82. The largest absolute Gasteiger partial charge is 0.494 e. The fraction of sp³-hybridized carbons (Fsp3) is 0.364. The van der Waals surface area contributed by atoms with Crippen molar-refractivity contribution in [3.05, 3.63) is 59.7 Å². The second-order valence-corrected chi connectivity index (χ2v) is 6.10. The Morgan fingerprint density at radius 1 is 0.920 bits per heavy atom. The van der Waals surface area contributed by atoms with E-state index in [2.05, 4.69) is 18.0 Å². The van der Waals surface area contributed by atoms with Crippen LogP contribution >= 0.6 is 0 Å².